The van der Waals surface area contributed by atoms with Gasteiger partial charge in [-0.05, 0) is 25.0 Å². The van der Waals surface area contributed by atoms with Gasteiger partial charge in [0, 0.05) is 5.56 Å². The average Bonchev–Trinajstić information content (AvgIpc) is 2.48. The van der Waals surface area contributed by atoms with E-state index in [-0.39, 0.29) is 12.2 Å². The zero-order valence-electron chi connectivity index (χ0n) is 11.9. The van der Waals surface area contributed by atoms with E-state index < -0.39 is 35.5 Å². The lowest BCUT2D eigenvalue weighted by atomic mass is 9.93. The zero-order valence-corrected chi connectivity index (χ0v) is 11.9. The van der Waals surface area contributed by atoms with E-state index in [1.54, 1.807) is 0 Å². The van der Waals surface area contributed by atoms with Crippen LogP contribution in [-0.4, -0.2) is 24.7 Å². The van der Waals surface area contributed by atoms with Crippen molar-refractivity contribution in [3.8, 4) is 18.1 Å². The van der Waals surface area contributed by atoms with E-state index in [9.17, 15) is 18.0 Å². The molecule has 0 saturated heterocycles. The number of carbonyl (C=O) groups is 1. The van der Waals surface area contributed by atoms with E-state index in [0.717, 1.165) is 25.0 Å². The van der Waals surface area contributed by atoms with Crippen LogP contribution in [0.1, 0.15) is 36.0 Å². The molecule has 1 aromatic rings. The van der Waals surface area contributed by atoms with Crippen LogP contribution in [0.25, 0.3) is 0 Å². The molecule has 0 spiro atoms. The Kier molecular flexibility index (Phi) is 5.31. The summed E-state index contributed by atoms with van der Waals surface area (Å²) in [5.74, 6) is -1.30. The molecule has 1 aliphatic rings. The molecule has 22 heavy (non-hydrogen) atoms. The van der Waals surface area contributed by atoms with Crippen LogP contribution < -0.4 is 10.1 Å². The Morgan fingerprint density at radius 2 is 1.95 bits per heavy atom. The second kappa shape index (κ2) is 7.21. The summed E-state index contributed by atoms with van der Waals surface area (Å²) < 4.78 is 45.9. The summed E-state index contributed by atoms with van der Waals surface area (Å²) in [5, 5.41) is 2.48. The number of ether oxygens (including phenoxy) is 1. The fourth-order valence-corrected chi connectivity index (χ4v) is 2.44. The normalized spacial score (nSPS) is 21.0. The molecule has 1 aromatic carbocycles. The number of hydrogen-bond acceptors (Lipinski definition) is 2. The topological polar surface area (TPSA) is 38.3 Å². The van der Waals surface area contributed by atoms with E-state index in [0.29, 0.717) is 12.8 Å². The van der Waals surface area contributed by atoms with Crippen molar-refractivity contribution in [1.29, 1.82) is 0 Å². The van der Waals surface area contributed by atoms with E-state index in [2.05, 4.69) is 11.2 Å². The Balaban J connectivity index is 2.11. The molecule has 1 saturated carbocycles. The van der Waals surface area contributed by atoms with E-state index >= 15 is 0 Å². The number of carbonyl (C=O) groups excluding carboxylic acids is 1. The number of halogens is 3. The first kappa shape index (κ1) is 16.2. The maximum atomic E-state index is 13.8. The van der Waals surface area contributed by atoms with Crippen LogP contribution in [-0.2, 0) is 0 Å². The Labute approximate surface area is 126 Å². The molecule has 0 radical (unpaired) electrons. The van der Waals surface area contributed by atoms with Crippen LogP contribution in [0.2, 0.25) is 0 Å². The van der Waals surface area contributed by atoms with Gasteiger partial charge in [-0.3, -0.25) is 4.79 Å². The molecule has 0 bridgehead atoms. The summed E-state index contributed by atoms with van der Waals surface area (Å²) in [7, 11) is 0. The summed E-state index contributed by atoms with van der Waals surface area (Å²) in [5.41, 5.74) is -0.221. The van der Waals surface area contributed by atoms with Crippen molar-refractivity contribution in [3.05, 3.63) is 29.3 Å². The van der Waals surface area contributed by atoms with Crippen LogP contribution in [0.3, 0.4) is 0 Å². The first-order valence-electron chi connectivity index (χ1n) is 7.03. The second-order valence-electron chi connectivity index (χ2n) is 5.14. The van der Waals surface area contributed by atoms with E-state index in [1.807, 2.05) is 0 Å². The summed E-state index contributed by atoms with van der Waals surface area (Å²) in [6.45, 7) is -0.287. The van der Waals surface area contributed by atoms with Gasteiger partial charge in [0.2, 0.25) is 0 Å². The molecule has 118 valence electrons. The van der Waals surface area contributed by atoms with Gasteiger partial charge in [0.25, 0.3) is 5.91 Å². The number of hydrogen-bond donors (Lipinski definition) is 1. The first-order chi connectivity index (χ1) is 10.5. The number of terminal acetylenes is 1. The number of nitrogens with one attached hydrogen (secondary N) is 1. The number of alkyl halides is 1. The van der Waals surface area contributed by atoms with E-state index in [4.69, 9.17) is 11.2 Å². The fraction of sp³-hybridized carbons (Fsp3) is 0.438. The summed E-state index contributed by atoms with van der Waals surface area (Å²) >= 11 is 0. The van der Waals surface area contributed by atoms with Gasteiger partial charge in [-0.15, -0.1) is 6.42 Å². The molecule has 0 aromatic heterocycles. The van der Waals surface area contributed by atoms with Crippen LogP contribution in [0.5, 0.6) is 5.75 Å². The lowest BCUT2D eigenvalue weighted by Crippen LogP contribution is -2.43. The Morgan fingerprint density at radius 3 is 2.55 bits per heavy atom. The third kappa shape index (κ3) is 3.73. The lowest BCUT2D eigenvalue weighted by molar-refractivity contribution is 0.0883. The molecule has 1 aliphatic carbocycles. The van der Waals surface area contributed by atoms with Gasteiger partial charge in [-0.25, -0.2) is 13.2 Å². The minimum absolute atomic E-state index is 0.221. The largest absolute Gasteiger partial charge is 0.475 e. The molecule has 3 nitrogen and oxygen atoms in total. The molecule has 2 atom stereocenters. The van der Waals surface area contributed by atoms with Gasteiger partial charge in [0.05, 0.1) is 6.04 Å². The standard InChI is InChI=1S/C16H16F3NO2/c1-2-7-22-15-12(18)8-10(9-13(15)19)16(21)20-14-6-4-3-5-11(14)17/h1,8-9,11,14H,3-7H2,(H,20,21)/t11-,14-/m1/s1. The maximum Gasteiger partial charge on any atom is 0.251 e. The highest BCUT2D eigenvalue weighted by atomic mass is 19.1. The lowest BCUT2D eigenvalue weighted by Gasteiger charge is -2.26. The van der Waals surface area contributed by atoms with Crippen molar-refractivity contribution in [2.45, 2.75) is 37.9 Å². The van der Waals surface area contributed by atoms with Gasteiger partial charge in [-0.2, -0.15) is 0 Å². The van der Waals surface area contributed by atoms with Crippen molar-refractivity contribution in [3.63, 3.8) is 0 Å². The highest BCUT2D eigenvalue weighted by Gasteiger charge is 2.27. The highest BCUT2D eigenvalue weighted by molar-refractivity contribution is 5.94. The SMILES string of the molecule is C#CCOc1c(F)cc(C(=O)N[C@@H]2CCCC[C@H]2F)cc1F. The van der Waals surface area contributed by atoms with Gasteiger partial charge in [0.15, 0.2) is 17.4 Å². The smallest absolute Gasteiger partial charge is 0.251 e. The molecule has 0 heterocycles. The van der Waals surface area contributed by atoms with Crippen molar-refractivity contribution in [2.24, 2.45) is 0 Å². The fourth-order valence-electron chi connectivity index (χ4n) is 2.44. The third-order valence-electron chi connectivity index (χ3n) is 3.56. The molecule has 6 heteroatoms. The average molecular weight is 311 g/mol. The number of amides is 1. The quantitative estimate of drug-likeness (QED) is 0.868. The number of rotatable bonds is 4. The summed E-state index contributed by atoms with van der Waals surface area (Å²) in [6, 6.07) is 1.07. The predicted octanol–water partition coefficient (Wildman–Crippen LogP) is 2.99. The molecule has 1 fully saturated rings. The van der Waals surface area contributed by atoms with Crippen molar-refractivity contribution in [1.82, 2.24) is 5.32 Å². The molecular weight excluding hydrogens is 295 g/mol. The molecule has 1 amide bonds. The highest BCUT2D eigenvalue weighted by Crippen LogP contribution is 2.25. The maximum absolute atomic E-state index is 13.8. The molecule has 0 aliphatic heterocycles. The minimum atomic E-state index is -1.13. The van der Waals surface area contributed by atoms with Crippen LogP contribution in [0.4, 0.5) is 13.2 Å². The Bertz CT molecular complexity index is 575. The number of benzene rings is 1. The Hall–Kier alpha value is -2.16. The Morgan fingerprint density at radius 1 is 1.32 bits per heavy atom. The van der Waals surface area contributed by atoms with Crippen LogP contribution in [0, 0.1) is 24.0 Å². The van der Waals surface area contributed by atoms with Crippen molar-refractivity contribution < 1.29 is 22.7 Å². The summed E-state index contributed by atoms with van der Waals surface area (Å²) in [4.78, 5) is 12.0. The molecule has 2 rings (SSSR count). The first-order valence-corrected chi connectivity index (χ1v) is 7.03. The van der Waals surface area contributed by atoms with Gasteiger partial charge >= 0.3 is 0 Å². The van der Waals surface area contributed by atoms with Gasteiger partial charge in [0.1, 0.15) is 12.8 Å². The van der Waals surface area contributed by atoms with Crippen molar-refractivity contribution in [2.75, 3.05) is 6.61 Å². The molecular formula is C16H16F3NO2. The predicted molar refractivity (Wildman–Crippen MR) is 75.3 cm³/mol. The third-order valence-corrected chi connectivity index (χ3v) is 3.56. The van der Waals surface area contributed by atoms with Crippen LogP contribution >= 0.6 is 0 Å². The second-order valence-corrected chi connectivity index (χ2v) is 5.14. The van der Waals surface area contributed by atoms with Gasteiger partial charge < -0.3 is 10.1 Å². The van der Waals surface area contributed by atoms with Crippen molar-refractivity contribution >= 4 is 5.91 Å². The monoisotopic (exact) mass is 311 g/mol. The molecule has 1 N–H and O–H groups in total. The minimum Gasteiger partial charge on any atom is -0.475 e. The van der Waals surface area contributed by atoms with Crippen LogP contribution in [0.15, 0.2) is 12.1 Å². The van der Waals surface area contributed by atoms with Gasteiger partial charge in [-0.1, -0.05) is 18.8 Å². The summed E-state index contributed by atoms with van der Waals surface area (Å²) in [6.07, 6.45) is 6.30. The molecule has 0 unspecified atom stereocenters. The van der Waals surface area contributed by atoms with E-state index in [1.165, 1.54) is 0 Å². The zero-order chi connectivity index (χ0) is 16.1.